The van der Waals surface area contributed by atoms with Crippen LogP contribution in [0.25, 0.3) is 0 Å². The molecule has 1 aliphatic rings. The van der Waals surface area contributed by atoms with E-state index in [0.717, 1.165) is 31.1 Å². The summed E-state index contributed by atoms with van der Waals surface area (Å²) in [6, 6.07) is 5.91. The van der Waals surface area contributed by atoms with Crippen molar-refractivity contribution in [2.24, 2.45) is 0 Å². The number of thiophene rings is 1. The summed E-state index contributed by atoms with van der Waals surface area (Å²) in [5, 5.41) is 6.17. The molecule has 3 rings (SSSR count). The van der Waals surface area contributed by atoms with Gasteiger partial charge in [0.2, 0.25) is 0 Å². The van der Waals surface area contributed by atoms with Crippen LogP contribution < -0.4 is 0 Å². The highest BCUT2D eigenvalue weighted by Gasteiger charge is 2.25. The number of aromatic nitrogens is 2. The van der Waals surface area contributed by atoms with E-state index < -0.39 is 0 Å². The Balaban J connectivity index is 1.57. The second-order valence-electron chi connectivity index (χ2n) is 5.14. The van der Waals surface area contributed by atoms with Crippen LogP contribution in [0.3, 0.4) is 0 Å². The third kappa shape index (κ3) is 3.78. The summed E-state index contributed by atoms with van der Waals surface area (Å²) in [5.41, 5.74) is 0. The van der Waals surface area contributed by atoms with Crippen molar-refractivity contribution in [1.29, 1.82) is 0 Å². The van der Waals surface area contributed by atoms with Gasteiger partial charge in [0.1, 0.15) is 0 Å². The lowest BCUT2D eigenvalue weighted by Gasteiger charge is -2.35. The molecule has 5 nitrogen and oxygen atoms in total. The molecule has 0 unspecified atom stereocenters. The van der Waals surface area contributed by atoms with Crippen molar-refractivity contribution < 1.29 is 9.53 Å². The molecule has 21 heavy (non-hydrogen) atoms. The lowest BCUT2D eigenvalue weighted by atomic mass is 10.1. The normalized spacial score (nSPS) is 19.7. The Bertz CT molecular complexity index is 554. The zero-order chi connectivity index (χ0) is 14.5. The minimum absolute atomic E-state index is 0.170. The third-order valence-electron chi connectivity index (χ3n) is 3.74. The molecular weight excluding hydrogens is 286 g/mol. The zero-order valence-corrected chi connectivity index (χ0v) is 12.7. The van der Waals surface area contributed by atoms with Gasteiger partial charge in [-0.1, -0.05) is 6.07 Å². The molecule has 1 saturated heterocycles. The predicted octanol–water partition coefficient (Wildman–Crippen LogP) is 1.92. The van der Waals surface area contributed by atoms with Crippen molar-refractivity contribution in [3.63, 3.8) is 0 Å². The van der Waals surface area contributed by atoms with E-state index in [1.165, 1.54) is 11.3 Å². The number of hydrogen-bond acceptors (Lipinski definition) is 5. The SMILES string of the molecule is O=C(C[C@H]1COCCN1CCn1cccn1)c1cccs1. The lowest BCUT2D eigenvalue weighted by Crippen LogP contribution is -2.47. The van der Waals surface area contributed by atoms with E-state index in [1.807, 2.05) is 34.5 Å². The molecule has 0 amide bonds. The Labute approximate surface area is 128 Å². The quantitative estimate of drug-likeness (QED) is 0.765. The fourth-order valence-corrected chi connectivity index (χ4v) is 3.26. The second-order valence-corrected chi connectivity index (χ2v) is 6.09. The van der Waals surface area contributed by atoms with Crippen LogP contribution in [-0.2, 0) is 11.3 Å². The van der Waals surface area contributed by atoms with E-state index in [1.54, 1.807) is 6.20 Å². The van der Waals surface area contributed by atoms with Gasteiger partial charge in [-0.3, -0.25) is 14.4 Å². The molecule has 0 bridgehead atoms. The zero-order valence-electron chi connectivity index (χ0n) is 11.9. The largest absolute Gasteiger partial charge is 0.378 e. The van der Waals surface area contributed by atoms with Gasteiger partial charge in [0.25, 0.3) is 0 Å². The van der Waals surface area contributed by atoms with Crippen molar-refractivity contribution in [2.75, 3.05) is 26.3 Å². The van der Waals surface area contributed by atoms with Crippen molar-refractivity contribution in [1.82, 2.24) is 14.7 Å². The molecule has 0 saturated carbocycles. The van der Waals surface area contributed by atoms with Crippen LogP contribution in [0.4, 0.5) is 0 Å². The van der Waals surface area contributed by atoms with Crippen LogP contribution in [0.5, 0.6) is 0 Å². The molecule has 1 aliphatic heterocycles. The molecule has 112 valence electrons. The molecule has 1 atom stereocenters. The number of carbonyl (C=O) groups is 1. The van der Waals surface area contributed by atoms with E-state index in [2.05, 4.69) is 10.00 Å². The summed E-state index contributed by atoms with van der Waals surface area (Å²) in [5.74, 6) is 0.213. The number of Topliss-reactive ketones (excluding diaryl/α,β-unsaturated/α-hetero) is 1. The smallest absolute Gasteiger partial charge is 0.174 e. The molecule has 6 heteroatoms. The average molecular weight is 305 g/mol. The summed E-state index contributed by atoms with van der Waals surface area (Å²) in [7, 11) is 0. The van der Waals surface area contributed by atoms with Crippen LogP contribution in [0.1, 0.15) is 16.1 Å². The Morgan fingerprint density at radius 2 is 2.38 bits per heavy atom. The molecule has 3 heterocycles. The number of ether oxygens (including phenoxy) is 1. The van der Waals surface area contributed by atoms with Gasteiger partial charge in [0.15, 0.2) is 5.78 Å². The number of carbonyl (C=O) groups excluding carboxylic acids is 1. The number of nitrogens with zero attached hydrogens (tertiary/aromatic N) is 3. The van der Waals surface area contributed by atoms with E-state index in [9.17, 15) is 4.79 Å². The van der Waals surface area contributed by atoms with Crippen molar-refractivity contribution in [3.8, 4) is 0 Å². The predicted molar refractivity (Wildman–Crippen MR) is 81.7 cm³/mol. The monoisotopic (exact) mass is 305 g/mol. The molecule has 2 aromatic rings. The lowest BCUT2D eigenvalue weighted by molar-refractivity contribution is -0.0102. The topological polar surface area (TPSA) is 47.4 Å². The molecule has 0 aliphatic carbocycles. The van der Waals surface area contributed by atoms with Crippen molar-refractivity contribution in [3.05, 3.63) is 40.8 Å². The van der Waals surface area contributed by atoms with Crippen LogP contribution in [0, 0.1) is 0 Å². The third-order valence-corrected chi connectivity index (χ3v) is 4.65. The van der Waals surface area contributed by atoms with E-state index in [4.69, 9.17) is 4.74 Å². The summed E-state index contributed by atoms with van der Waals surface area (Å²) in [6.45, 7) is 3.99. The second kappa shape index (κ2) is 6.98. The first kappa shape index (κ1) is 14.4. The minimum Gasteiger partial charge on any atom is -0.378 e. The van der Waals surface area contributed by atoms with E-state index in [-0.39, 0.29) is 11.8 Å². The Morgan fingerprint density at radius 1 is 1.43 bits per heavy atom. The first-order valence-corrected chi connectivity index (χ1v) is 8.07. The molecular formula is C15H19N3O2S. The van der Waals surface area contributed by atoms with Crippen LogP contribution in [0.15, 0.2) is 36.0 Å². The number of hydrogen-bond donors (Lipinski definition) is 0. The average Bonchev–Trinajstić information content (AvgIpc) is 3.20. The van der Waals surface area contributed by atoms with Gasteiger partial charge in [-0.25, -0.2) is 0 Å². The summed E-state index contributed by atoms with van der Waals surface area (Å²) >= 11 is 1.51. The Kier molecular flexibility index (Phi) is 4.80. The number of morpholine rings is 1. The maximum absolute atomic E-state index is 12.3. The molecule has 2 aromatic heterocycles. The fourth-order valence-electron chi connectivity index (χ4n) is 2.59. The highest BCUT2D eigenvalue weighted by atomic mass is 32.1. The minimum atomic E-state index is 0.170. The summed E-state index contributed by atoms with van der Waals surface area (Å²) in [6.07, 6.45) is 4.28. The summed E-state index contributed by atoms with van der Waals surface area (Å²) in [4.78, 5) is 15.4. The molecule has 0 aromatic carbocycles. The molecule has 1 fully saturated rings. The van der Waals surface area contributed by atoms with Crippen molar-refractivity contribution >= 4 is 17.1 Å². The first-order chi connectivity index (χ1) is 10.3. The van der Waals surface area contributed by atoms with Gasteiger partial charge in [0, 0.05) is 37.9 Å². The van der Waals surface area contributed by atoms with Gasteiger partial charge in [-0.05, 0) is 17.5 Å². The summed E-state index contributed by atoms with van der Waals surface area (Å²) < 4.78 is 7.48. The van der Waals surface area contributed by atoms with E-state index in [0.29, 0.717) is 13.0 Å². The van der Waals surface area contributed by atoms with Gasteiger partial charge >= 0.3 is 0 Å². The van der Waals surface area contributed by atoms with Gasteiger partial charge in [-0.15, -0.1) is 11.3 Å². The molecule has 0 radical (unpaired) electrons. The Morgan fingerprint density at radius 3 is 3.14 bits per heavy atom. The van der Waals surface area contributed by atoms with Crippen LogP contribution >= 0.6 is 11.3 Å². The van der Waals surface area contributed by atoms with Gasteiger partial charge in [0.05, 0.1) is 24.6 Å². The highest BCUT2D eigenvalue weighted by molar-refractivity contribution is 7.12. The van der Waals surface area contributed by atoms with Crippen LogP contribution in [-0.4, -0.2) is 52.8 Å². The van der Waals surface area contributed by atoms with E-state index >= 15 is 0 Å². The Hall–Kier alpha value is -1.50. The first-order valence-electron chi connectivity index (χ1n) is 7.19. The number of rotatable bonds is 6. The van der Waals surface area contributed by atoms with Crippen molar-refractivity contribution in [2.45, 2.75) is 19.0 Å². The molecule has 0 spiro atoms. The maximum atomic E-state index is 12.3. The van der Waals surface area contributed by atoms with Crippen LogP contribution in [0.2, 0.25) is 0 Å². The maximum Gasteiger partial charge on any atom is 0.174 e. The molecule has 0 N–H and O–H groups in total. The highest BCUT2D eigenvalue weighted by Crippen LogP contribution is 2.17. The fraction of sp³-hybridized carbons (Fsp3) is 0.467. The van der Waals surface area contributed by atoms with Gasteiger partial charge < -0.3 is 4.74 Å². The number of ketones is 1. The standard InChI is InChI=1S/C15H19N3O2S/c19-14(15-3-1-10-21-15)11-13-12-20-9-8-17(13)6-7-18-5-2-4-16-18/h1-5,10,13H,6-9,11-12H2/t13-/m0/s1. The van der Waals surface area contributed by atoms with Gasteiger partial charge in [-0.2, -0.15) is 5.10 Å².